The zero-order valence-electron chi connectivity index (χ0n) is 11.0. The zero-order valence-corrected chi connectivity index (χ0v) is 11.0. The Labute approximate surface area is 112 Å². The third-order valence-electron chi connectivity index (χ3n) is 3.30. The Morgan fingerprint density at radius 1 is 1.26 bits per heavy atom. The van der Waals surface area contributed by atoms with Crippen molar-refractivity contribution in [3.05, 3.63) is 24.0 Å². The number of hydrogen-bond donors (Lipinski definition) is 2. The smallest absolute Gasteiger partial charge is 0.224 e. The third-order valence-corrected chi connectivity index (χ3v) is 3.30. The van der Waals surface area contributed by atoms with Crippen molar-refractivity contribution in [3.63, 3.8) is 0 Å². The average molecular weight is 265 g/mol. The van der Waals surface area contributed by atoms with Crippen LogP contribution in [0.4, 0.5) is 15.8 Å². The van der Waals surface area contributed by atoms with Crippen molar-refractivity contribution < 1.29 is 9.18 Å². The van der Waals surface area contributed by atoms with Gasteiger partial charge in [-0.1, -0.05) is 0 Å². The number of piperidine rings is 1. The summed E-state index contributed by atoms with van der Waals surface area (Å²) in [6.45, 7) is 2.23. The number of nitrogen functional groups attached to an aromatic ring is 1. The van der Waals surface area contributed by atoms with Crippen LogP contribution >= 0.6 is 0 Å². The predicted molar refractivity (Wildman–Crippen MR) is 74.4 cm³/mol. The van der Waals surface area contributed by atoms with Crippen LogP contribution in [0.3, 0.4) is 0 Å². The summed E-state index contributed by atoms with van der Waals surface area (Å²) in [6, 6.07) is 4.31. The first kappa shape index (κ1) is 13.6. The first-order chi connectivity index (χ1) is 9.15. The van der Waals surface area contributed by atoms with E-state index in [0.717, 1.165) is 25.9 Å². The monoisotopic (exact) mass is 265 g/mol. The van der Waals surface area contributed by atoms with Gasteiger partial charge in [0.05, 0.1) is 0 Å². The maximum Gasteiger partial charge on any atom is 0.224 e. The molecule has 0 atom stereocenters. The van der Waals surface area contributed by atoms with E-state index < -0.39 is 0 Å². The van der Waals surface area contributed by atoms with Crippen molar-refractivity contribution in [1.82, 2.24) is 4.90 Å². The van der Waals surface area contributed by atoms with Crippen molar-refractivity contribution in [2.24, 2.45) is 0 Å². The van der Waals surface area contributed by atoms with E-state index in [2.05, 4.69) is 5.32 Å². The lowest BCUT2D eigenvalue weighted by Crippen LogP contribution is -2.36. The average Bonchev–Trinajstić information content (AvgIpc) is 2.38. The van der Waals surface area contributed by atoms with Gasteiger partial charge in [0.1, 0.15) is 5.82 Å². The van der Waals surface area contributed by atoms with E-state index >= 15 is 0 Å². The summed E-state index contributed by atoms with van der Waals surface area (Å²) in [5.41, 5.74) is 6.55. The van der Waals surface area contributed by atoms with Crippen molar-refractivity contribution >= 4 is 17.3 Å². The van der Waals surface area contributed by atoms with Gasteiger partial charge in [0.15, 0.2) is 0 Å². The predicted octanol–water partition coefficient (Wildman–Crippen LogP) is 2.22. The molecule has 0 radical (unpaired) electrons. The van der Waals surface area contributed by atoms with Gasteiger partial charge in [-0.15, -0.1) is 0 Å². The topological polar surface area (TPSA) is 58.4 Å². The van der Waals surface area contributed by atoms with Gasteiger partial charge in [-0.3, -0.25) is 4.79 Å². The Balaban J connectivity index is 1.77. The molecule has 4 nitrogen and oxygen atoms in total. The zero-order chi connectivity index (χ0) is 13.7. The van der Waals surface area contributed by atoms with Gasteiger partial charge in [-0.2, -0.15) is 0 Å². The Morgan fingerprint density at radius 3 is 2.68 bits per heavy atom. The van der Waals surface area contributed by atoms with Gasteiger partial charge in [-0.25, -0.2) is 4.39 Å². The normalized spacial score (nSPS) is 15.3. The molecule has 1 aromatic carbocycles. The fourth-order valence-electron chi connectivity index (χ4n) is 2.33. The van der Waals surface area contributed by atoms with Gasteiger partial charge in [0.25, 0.3) is 0 Å². The molecule has 0 spiro atoms. The standard InChI is InChI=1S/C14H20FN3O/c15-11-8-12(16)10-13(9-11)17-5-4-14(19)18-6-2-1-3-7-18/h8-10,17H,1-7,16H2. The van der Waals surface area contributed by atoms with E-state index in [9.17, 15) is 9.18 Å². The number of hydrogen-bond acceptors (Lipinski definition) is 3. The quantitative estimate of drug-likeness (QED) is 0.821. The summed E-state index contributed by atoms with van der Waals surface area (Å²) < 4.78 is 13.1. The number of rotatable bonds is 4. The number of nitrogens with two attached hydrogens (primary N) is 1. The summed E-state index contributed by atoms with van der Waals surface area (Å²) in [7, 11) is 0. The molecule has 1 amide bonds. The fourth-order valence-corrected chi connectivity index (χ4v) is 2.33. The first-order valence-electron chi connectivity index (χ1n) is 6.73. The number of carbonyl (C=O) groups is 1. The molecule has 2 rings (SSSR count). The molecule has 0 aliphatic carbocycles. The van der Waals surface area contributed by atoms with Gasteiger partial charge in [0, 0.05) is 37.4 Å². The highest BCUT2D eigenvalue weighted by molar-refractivity contribution is 5.76. The molecule has 1 aromatic rings. The lowest BCUT2D eigenvalue weighted by atomic mass is 10.1. The van der Waals surface area contributed by atoms with Crippen molar-refractivity contribution in [2.45, 2.75) is 25.7 Å². The molecule has 1 aliphatic heterocycles. The number of anilines is 2. The SMILES string of the molecule is Nc1cc(F)cc(NCCC(=O)N2CCCCC2)c1. The molecule has 0 aromatic heterocycles. The van der Waals surface area contributed by atoms with E-state index in [1.165, 1.54) is 18.6 Å². The number of nitrogens with zero attached hydrogens (tertiary/aromatic N) is 1. The fraction of sp³-hybridized carbons (Fsp3) is 0.500. The van der Waals surface area contributed by atoms with E-state index in [1.807, 2.05) is 4.90 Å². The van der Waals surface area contributed by atoms with Gasteiger partial charge >= 0.3 is 0 Å². The number of amides is 1. The Kier molecular flexibility index (Phi) is 4.60. The van der Waals surface area contributed by atoms with E-state index in [-0.39, 0.29) is 11.7 Å². The summed E-state index contributed by atoms with van der Waals surface area (Å²) in [4.78, 5) is 13.8. The lowest BCUT2D eigenvalue weighted by Gasteiger charge is -2.26. The largest absolute Gasteiger partial charge is 0.399 e. The highest BCUT2D eigenvalue weighted by Crippen LogP contribution is 2.15. The summed E-state index contributed by atoms with van der Waals surface area (Å²) in [6.07, 6.45) is 3.83. The Morgan fingerprint density at radius 2 is 2.00 bits per heavy atom. The molecule has 1 saturated heterocycles. The van der Waals surface area contributed by atoms with Crippen molar-refractivity contribution in [2.75, 3.05) is 30.7 Å². The van der Waals surface area contributed by atoms with E-state index in [0.29, 0.717) is 24.3 Å². The van der Waals surface area contributed by atoms with Crippen LogP contribution in [0.25, 0.3) is 0 Å². The molecular weight excluding hydrogens is 245 g/mol. The molecule has 1 aliphatic rings. The molecule has 5 heteroatoms. The number of benzene rings is 1. The lowest BCUT2D eigenvalue weighted by molar-refractivity contribution is -0.131. The molecular formula is C14H20FN3O. The molecule has 0 unspecified atom stereocenters. The maximum absolute atomic E-state index is 13.1. The highest BCUT2D eigenvalue weighted by Gasteiger charge is 2.15. The van der Waals surface area contributed by atoms with Gasteiger partial charge in [0.2, 0.25) is 5.91 Å². The number of nitrogens with one attached hydrogen (secondary N) is 1. The van der Waals surface area contributed by atoms with Crippen LogP contribution in [0, 0.1) is 5.82 Å². The van der Waals surface area contributed by atoms with Crippen LogP contribution < -0.4 is 11.1 Å². The molecule has 104 valence electrons. The van der Waals surface area contributed by atoms with E-state index in [4.69, 9.17) is 5.73 Å². The molecule has 1 fully saturated rings. The number of halogens is 1. The van der Waals surface area contributed by atoms with Crippen LogP contribution in [0.15, 0.2) is 18.2 Å². The molecule has 3 N–H and O–H groups in total. The van der Waals surface area contributed by atoms with E-state index in [1.54, 1.807) is 6.07 Å². The summed E-state index contributed by atoms with van der Waals surface area (Å²) in [5, 5.41) is 3.03. The first-order valence-corrected chi connectivity index (χ1v) is 6.73. The van der Waals surface area contributed by atoms with Crippen LogP contribution in [0.1, 0.15) is 25.7 Å². The summed E-state index contributed by atoms with van der Waals surface area (Å²) in [5.74, 6) is -0.207. The Hall–Kier alpha value is -1.78. The van der Waals surface area contributed by atoms with Crippen LogP contribution in [-0.2, 0) is 4.79 Å². The molecule has 0 saturated carbocycles. The molecule has 1 heterocycles. The van der Waals surface area contributed by atoms with Crippen LogP contribution in [0.2, 0.25) is 0 Å². The molecule has 0 bridgehead atoms. The summed E-state index contributed by atoms with van der Waals surface area (Å²) >= 11 is 0. The van der Waals surface area contributed by atoms with Crippen LogP contribution in [0.5, 0.6) is 0 Å². The van der Waals surface area contributed by atoms with Crippen molar-refractivity contribution in [1.29, 1.82) is 0 Å². The second-order valence-corrected chi connectivity index (χ2v) is 4.89. The Bertz CT molecular complexity index is 424. The second kappa shape index (κ2) is 6.41. The second-order valence-electron chi connectivity index (χ2n) is 4.89. The van der Waals surface area contributed by atoms with Crippen molar-refractivity contribution in [3.8, 4) is 0 Å². The maximum atomic E-state index is 13.1. The minimum atomic E-state index is -0.371. The van der Waals surface area contributed by atoms with Crippen LogP contribution in [-0.4, -0.2) is 30.4 Å². The third kappa shape index (κ3) is 4.12. The highest BCUT2D eigenvalue weighted by atomic mass is 19.1. The number of carbonyl (C=O) groups excluding carboxylic acids is 1. The van der Waals surface area contributed by atoms with Gasteiger partial charge < -0.3 is 16.0 Å². The van der Waals surface area contributed by atoms with Gasteiger partial charge in [-0.05, 0) is 37.5 Å². The molecule has 19 heavy (non-hydrogen) atoms. The number of likely N-dealkylation sites (tertiary alicyclic amines) is 1. The minimum absolute atomic E-state index is 0.163. The minimum Gasteiger partial charge on any atom is -0.399 e.